The highest BCUT2D eigenvalue weighted by molar-refractivity contribution is 5.94. The summed E-state index contributed by atoms with van der Waals surface area (Å²) in [6.07, 6.45) is 0.918. The lowest BCUT2D eigenvalue weighted by molar-refractivity contribution is 0.0937. The van der Waals surface area contributed by atoms with E-state index in [1.54, 1.807) is 6.07 Å². The van der Waals surface area contributed by atoms with Crippen LogP contribution in [0.4, 0.5) is 0 Å². The van der Waals surface area contributed by atoms with Gasteiger partial charge in [0.15, 0.2) is 0 Å². The molecule has 1 fully saturated rings. The maximum absolute atomic E-state index is 12.6. The number of rotatable bonds is 5. The molecule has 2 N–H and O–H groups in total. The van der Waals surface area contributed by atoms with Gasteiger partial charge in [-0.1, -0.05) is 60.7 Å². The van der Waals surface area contributed by atoms with Gasteiger partial charge in [-0.15, -0.1) is 0 Å². The van der Waals surface area contributed by atoms with Gasteiger partial charge in [-0.2, -0.15) is 0 Å². The van der Waals surface area contributed by atoms with Crippen molar-refractivity contribution in [3.05, 3.63) is 90.0 Å². The molecule has 1 unspecified atom stereocenters. The van der Waals surface area contributed by atoms with Gasteiger partial charge in [0.2, 0.25) is 0 Å². The summed E-state index contributed by atoms with van der Waals surface area (Å²) in [5.41, 5.74) is 3.85. The lowest BCUT2D eigenvalue weighted by Crippen LogP contribution is -2.36. The average molecular weight is 372 g/mol. The SMILES string of the molecule is O=C(NC1CCN(Cc2ccccc2O)C1)c1ccc(-c2ccccc2)cc1. The number of para-hydroxylation sites is 1. The molecular formula is C24H24N2O2. The third-order valence-corrected chi connectivity index (χ3v) is 5.25. The van der Waals surface area contributed by atoms with Crippen LogP contribution < -0.4 is 5.32 Å². The van der Waals surface area contributed by atoms with Crippen molar-refractivity contribution in [3.63, 3.8) is 0 Å². The normalized spacial score (nSPS) is 16.8. The Morgan fingerprint density at radius 2 is 1.61 bits per heavy atom. The molecule has 142 valence electrons. The van der Waals surface area contributed by atoms with E-state index in [-0.39, 0.29) is 11.9 Å². The lowest BCUT2D eigenvalue weighted by Gasteiger charge is -2.17. The molecule has 0 saturated carbocycles. The minimum Gasteiger partial charge on any atom is -0.508 e. The molecule has 1 amide bonds. The number of nitrogens with zero attached hydrogens (tertiary/aromatic N) is 1. The number of benzene rings is 3. The van der Waals surface area contributed by atoms with Gasteiger partial charge in [0, 0.05) is 36.8 Å². The molecule has 1 aliphatic heterocycles. The molecule has 4 rings (SSSR count). The Hall–Kier alpha value is -3.11. The van der Waals surface area contributed by atoms with Gasteiger partial charge >= 0.3 is 0 Å². The third-order valence-electron chi connectivity index (χ3n) is 5.25. The van der Waals surface area contributed by atoms with Crippen molar-refractivity contribution >= 4 is 5.91 Å². The quantitative estimate of drug-likeness (QED) is 0.710. The molecule has 1 heterocycles. The fourth-order valence-corrected chi connectivity index (χ4v) is 3.69. The van der Waals surface area contributed by atoms with Crippen LogP contribution in [0.25, 0.3) is 11.1 Å². The first-order chi connectivity index (χ1) is 13.7. The van der Waals surface area contributed by atoms with Gasteiger partial charge in [0.05, 0.1) is 0 Å². The highest BCUT2D eigenvalue weighted by Crippen LogP contribution is 2.22. The number of carbonyl (C=O) groups is 1. The number of amides is 1. The first-order valence-corrected chi connectivity index (χ1v) is 9.64. The minimum absolute atomic E-state index is 0.0333. The molecule has 0 radical (unpaired) electrons. The molecular weight excluding hydrogens is 348 g/mol. The van der Waals surface area contributed by atoms with Crippen LogP contribution in [0.3, 0.4) is 0 Å². The summed E-state index contributed by atoms with van der Waals surface area (Å²) < 4.78 is 0. The second-order valence-corrected chi connectivity index (χ2v) is 7.27. The van der Waals surface area contributed by atoms with Crippen LogP contribution in [0.15, 0.2) is 78.9 Å². The Morgan fingerprint density at radius 3 is 2.36 bits per heavy atom. The van der Waals surface area contributed by atoms with E-state index in [2.05, 4.69) is 22.3 Å². The number of likely N-dealkylation sites (tertiary alicyclic amines) is 1. The zero-order valence-electron chi connectivity index (χ0n) is 15.7. The van der Waals surface area contributed by atoms with Crippen molar-refractivity contribution in [3.8, 4) is 16.9 Å². The van der Waals surface area contributed by atoms with Crippen molar-refractivity contribution in [2.24, 2.45) is 0 Å². The van der Waals surface area contributed by atoms with Crippen molar-refractivity contribution in [1.29, 1.82) is 0 Å². The van der Waals surface area contributed by atoms with Crippen LogP contribution in [0.2, 0.25) is 0 Å². The molecule has 4 nitrogen and oxygen atoms in total. The summed E-state index contributed by atoms with van der Waals surface area (Å²) in [5, 5.41) is 13.1. The highest BCUT2D eigenvalue weighted by atomic mass is 16.3. The van der Waals surface area contributed by atoms with Crippen molar-refractivity contribution < 1.29 is 9.90 Å². The van der Waals surface area contributed by atoms with Crippen LogP contribution in [0.5, 0.6) is 5.75 Å². The molecule has 1 saturated heterocycles. The molecule has 0 bridgehead atoms. The summed E-state index contributed by atoms with van der Waals surface area (Å²) >= 11 is 0. The Balaban J connectivity index is 1.33. The molecule has 3 aromatic rings. The zero-order valence-corrected chi connectivity index (χ0v) is 15.7. The summed E-state index contributed by atoms with van der Waals surface area (Å²) in [7, 11) is 0. The molecule has 1 atom stereocenters. The van der Waals surface area contributed by atoms with E-state index >= 15 is 0 Å². The van der Waals surface area contributed by atoms with E-state index in [0.29, 0.717) is 17.9 Å². The largest absolute Gasteiger partial charge is 0.508 e. The minimum atomic E-state index is -0.0333. The third kappa shape index (κ3) is 4.24. The predicted octanol–water partition coefficient (Wildman–Crippen LogP) is 4.06. The van der Waals surface area contributed by atoms with E-state index in [1.807, 2.05) is 60.7 Å². The van der Waals surface area contributed by atoms with Crippen LogP contribution in [-0.4, -0.2) is 35.0 Å². The van der Waals surface area contributed by atoms with E-state index in [0.717, 1.165) is 36.2 Å². The van der Waals surface area contributed by atoms with Gasteiger partial charge in [0.1, 0.15) is 5.75 Å². The number of phenolic OH excluding ortho intramolecular Hbond substituents is 1. The zero-order chi connectivity index (χ0) is 19.3. The number of aromatic hydroxyl groups is 1. The highest BCUT2D eigenvalue weighted by Gasteiger charge is 2.24. The van der Waals surface area contributed by atoms with Crippen LogP contribution >= 0.6 is 0 Å². The van der Waals surface area contributed by atoms with E-state index in [1.165, 1.54) is 0 Å². The van der Waals surface area contributed by atoms with E-state index < -0.39 is 0 Å². The first kappa shape index (κ1) is 18.3. The fourth-order valence-electron chi connectivity index (χ4n) is 3.69. The molecule has 1 aliphatic rings. The number of carbonyl (C=O) groups excluding carboxylic acids is 1. The van der Waals surface area contributed by atoms with Gasteiger partial charge in [-0.05, 0) is 35.7 Å². The Morgan fingerprint density at radius 1 is 0.929 bits per heavy atom. The van der Waals surface area contributed by atoms with Crippen molar-refractivity contribution in [2.75, 3.05) is 13.1 Å². The summed E-state index contributed by atoms with van der Waals surface area (Å²) in [6.45, 7) is 2.40. The monoisotopic (exact) mass is 372 g/mol. The molecule has 0 aliphatic carbocycles. The first-order valence-electron chi connectivity index (χ1n) is 9.64. The second kappa shape index (κ2) is 8.28. The molecule has 3 aromatic carbocycles. The van der Waals surface area contributed by atoms with E-state index in [4.69, 9.17) is 0 Å². The number of hydrogen-bond donors (Lipinski definition) is 2. The Labute approximate surface area is 165 Å². The average Bonchev–Trinajstić information content (AvgIpc) is 3.17. The van der Waals surface area contributed by atoms with Gasteiger partial charge in [-0.3, -0.25) is 9.69 Å². The summed E-state index contributed by atoms with van der Waals surface area (Å²) in [6, 6.07) is 25.4. The standard InChI is InChI=1S/C24H24N2O2/c27-23-9-5-4-8-21(23)16-26-15-14-22(17-26)25-24(28)20-12-10-19(11-13-20)18-6-2-1-3-7-18/h1-13,22,27H,14-17H2,(H,25,28). The number of phenols is 1. The second-order valence-electron chi connectivity index (χ2n) is 7.27. The topological polar surface area (TPSA) is 52.6 Å². The van der Waals surface area contributed by atoms with Crippen LogP contribution in [0, 0.1) is 0 Å². The molecule has 4 heteroatoms. The number of hydrogen-bond acceptors (Lipinski definition) is 3. The Bertz CT molecular complexity index is 938. The predicted molar refractivity (Wildman–Crippen MR) is 111 cm³/mol. The molecule has 0 spiro atoms. The summed E-state index contributed by atoms with van der Waals surface area (Å²) in [4.78, 5) is 14.9. The smallest absolute Gasteiger partial charge is 0.251 e. The maximum Gasteiger partial charge on any atom is 0.251 e. The van der Waals surface area contributed by atoms with Crippen molar-refractivity contribution in [1.82, 2.24) is 10.2 Å². The number of nitrogens with one attached hydrogen (secondary N) is 1. The fraction of sp³-hybridized carbons (Fsp3) is 0.208. The lowest BCUT2D eigenvalue weighted by atomic mass is 10.0. The van der Waals surface area contributed by atoms with Gasteiger partial charge in [0.25, 0.3) is 5.91 Å². The van der Waals surface area contributed by atoms with Crippen molar-refractivity contribution in [2.45, 2.75) is 19.0 Å². The van der Waals surface area contributed by atoms with E-state index in [9.17, 15) is 9.90 Å². The Kier molecular flexibility index (Phi) is 5.40. The molecule has 28 heavy (non-hydrogen) atoms. The summed E-state index contributed by atoms with van der Waals surface area (Å²) in [5.74, 6) is 0.294. The molecule has 0 aromatic heterocycles. The van der Waals surface area contributed by atoms with Crippen LogP contribution in [-0.2, 0) is 6.54 Å². The van der Waals surface area contributed by atoms with Crippen LogP contribution in [0.1, 0.15) is 22.3 Å². The van der Waals surface area contributed by atoms with Gasteiger partial charge < -0.3 is 10.4 Å². The maximum atomic E-state index is 12.6. The van der Waals surface area contributed by atoms with Gasteiger partial charge in [-0.25, -0.2) is 0 Å².